The zero-order valence-corrected chi connectivity index (χ0v) is 18.0. The predicted molar refractivity (Wildman–Crippen MR) is 112 cm³/mol. The highest BCUT2D eigenvalue weighted by atomic mass is 35.5. The van der Waals surface area contributed by atoms with Gasteiger partial charge in [0.25, 0.3) is 0 Å². The van der Waals surface area contributed by atoms with Crippen molar-refractivity contribution in [3.63, 3.8) is 0 Å². The molecular formula is C19H19Cl3N2O3S. The summed E-state index contributed by atoms with van der Waals surface area (Å²) < 4.78 is 27.1. The standard InChI is InChI=1S/C19H19Cl3N2O3S/c20-15-5-2-1-4-14(15)8-9-18(25)23-10-12-24(13-11-23)28(26,27)19-16(21)6-3-7-17(19)22/h1-7H,8-13H2. The van der Waals surface area contributed by atoms with Crippen molar-refractivity contribution in [2.45, 2.75) is 17.7 Å². The van der Waals surface area contributed by atoms with Gasteiger partial charge in [-0.25, -0.2) is 8.42 Å². The molecule has 0 saturated carbocycles. The number of benzene rings is 2. The van der Waals surface area contributed by atoms with Crippen molar-refractivity contribution >= 4 is 50.7 Å². The van der Waals surface area contributed by atoms with Crippen LogP contribution in [0.25, 0.3) is 0 Å². The number of carbonyl (C=O) groups is 1. The molecule has 0 spiro atoms. The minimum absolute atomic E-state index is 0.0206. The van der Waals surface area contributed by atoms with Crippen molar-refractivity contribution in [2.24, 2.45) is 0 Å². The molecule has 0 bridgehead atoms. The molecule has 3 rings (SSSR count). The second kappa shape index (κ2) is 9.01. The summed E-state index contributed by atoms with van der Waals surface area (Å²) in [7, 11) is -3.82. The third-order valence-electron chi connectivity index (χ3n) is 4.67. The number of carbonyl (C=O) groups excluding carboxylic acids is 1. The van der Waals surface area contributed by atoms with Crippen molar-refractivity contribution in [3.05, 3.63) is 63.1 Å². The second-order valence-corrected chi connectivity index (χ2v) is 9.52. The van der Waals surface area contributed by atoms with Crippen LogP contribution in [0.1, 0.15) is 12.0 Å². The van der Waals surface area contributed by atoms with Gasteiger partial charge in [0.05, 0.1) is 10.0 Å². The van der Waals surface area contributed by atoms with Gasteiger partial charge >= 0.3 is 0 Å². The summed E-state index contributed by atoms with van der Waals surface area (Å²) in [6, 6.07) is 12.0. The molecule has 1 aliphatic heterocycles. The highest BCUT2D eigenvalue weighted by Crippen LogP contribution is 2.32. The van der Waals surface area contributed by atoms with Crippen LogP contribution in [0.2, 0.25) is 15.1 Å². The fourth-order valence-electron chi connectivity index (χ4n) is 3.14. The summed E-state index contributed by atoms with van der Waals surface area (Å²) in [5, 5.41) is 0.819. The van der Waals surface area contributed by atoms with Crippen LogP contribution in [0.5, 0.6) is 0 Å². The lowest BCUT2D eigenvalue weighted by Gasteiger charge is -2.34. The summed E-state index contributed by atoms with van der Waals surface area (Å²) >= 11 is 18.2. The lowest BCUT2D eigenvalue weighted by atomic mass is 10.1. The Balaban J connectivity index is 1.61. The number of hydrogen-bond donors (Lipinski definition) is 0. The van der Waals surface area contributed by atoms with Gasteiger partial charge in [-0.15, -0.1) is 0 Å². The van der Waals surface area contributed by atoms with E-state index in [4.69, 9.17) is 34.8 Å². The molecule has 0 aliphatic carbocycles. The maximum absolute atomic E-state index is 12.9. The fourth-order valence-corrected chi connectivity index (χ4v) is 5.88. The molecule has 5 nitrogen and oxygen atoms in total. The Bertz CT molecular complexity index is 954. The summed E-state index contributed by atoms with van der Waals surface area (Å²) in [5.74, 6) is -0.0206. The Kier molecular flexibility index (Phi) is 6.89. The van der Waals surface area contributed by atoms with Gasteiger partial charge in [-0.1, -0.05) is 59.1 Å². The number of piperazine rings is 1. The molecule has 2 aromatic carbocycles. The Morgan fingerprint density at radius 1 is 0.857 bits per heavy atom. The van der Waals surface area contributed by atoms with Crippen molar-refractivity contribution in [2.75, 3.05) is 26.2 Å². The molecule has 1 saturated heterocycles. The van der Waals surface area contributed by atoms with E-state index < -0.39 is 10.0 Å². The maximum atomic E-state index is 12.9. The van der Waals surface area contributed by atoms with E-state index in [1.807, 2.05) is 18.2 Å². The van der Waals surface area contributed by atoms with Crippen LogP contribution in [-0.4, -0.2) is 49.7 Å². The van der Waals surface area contributed by atoms with Crippen LogP contribution >= 0.6 is 34.8 Å². The molecule has 1 amide bonds. The SMILES string of the molecule is O=C(CCc1ccccc1Cl)N1CCN(S(=O)(=O)c2c(Cl)cccc2Cl)CC1. The first-order valence-corrected chi connectivity index (χ1v) is 11.3. The Hall–Kier alpha value is -1.31. The largest absolute Gasteiger partial charge is 0.340 e. The molecule has 1 fully saturated rings. The molecule has 0 aromatic heterocycles. The maximum Gasteiger partial charge on any atom is 0.246 e. The van der Waals surface area contributed by atoms with Crippen LogP contribution in [-0.2, 0) is 21.2 Å². The second-order valence-electron chi connectivity index (χ2n) is 6.43. The number of hydrogen-bond acceptors (Lipinski definition) is 3. The topological polar surface area (TPSA) is 57.7 Å². The van der Waals surface area contributed by atoms with Gasteiger partial charge in [0.15, 0.2) is 0 Å². The first-order valence-electron chi connectivity index (χ1n) is 8.76. The van der Waals surface area contributed by atoms with Gasteiger partial charge in [0.2, 0.25) is 15.9 Å². The van der Waals surface area contributed by atoms with Crippen LogP contribution in [0.15, 0.2) is 47.4 Å². The number of rotatable bonds is 5. The molecule has 0 radical (unpaired) electrons. The average Bonchev–Trinajstić information content (AvgIpc) is 2.67. The molecule has 28 heavy (non-hydrogen) atoms. The average molecular weight is 462 g/mol. The van der Waals surface area contributed by atoms with Crippen molar-refractivity contribution < 1.29 is 13.2 Å². The summed E-state index contributed by atoms with van der Waals surface area (Å²) in [4.78, 5) is 14.1. The number of amides is 1. The first-order chi connectivity index (χ1) is 13.3. The molecule has 0 unspecified atom stereocenters. The van der Waals surface area contributed by atoms with Crippen LogP contribution in [0.3, 0.4) is 0 Å². The van der Waals surface area contributed by atoms with Crippen molar-refractivity contribution in [1.82, 2.24) is 9.21 Å². The van der Waals surface area contributed by atoms with Gasteiger partial charge in [-0.05, 0) is 30.2 Å². The first kappa shape index (κ1) is 21.4. The summed E-state index contributed by atoms with van der Waals surface area (Å²) in [6.07, 6.45) is 0.874. The van der Waals surface area contributed by atoms with E-state index in [1.165, 1.54) is 16.4 Å². The van der Waals surface area contributed by atoms with Crippen LogP contribution < -0.4 is 0 Å². The molecule has 150 valence electrons. The van der Waals surface area contributed by atoms with E-state index in [-0.39, 0.29) is 33.9 Å². The summed E-state index contributed by atoms with van der Waals surface area (Å²) in [6.45, 7) is 1.04. The molecule has 9 heteroatoms. The van der Waals surface area contributed by atoms with Crippen LogP contribution in [0.4, 0.5) is 0 Å². The summed E-state index contributed by atoms with van der Waals surface area (Å²) in [5.41, 5.74) is 0.923. The molecular weight excluding hydrogens is 443 g/mol. The Morgan fingerprint density at radius 2 is 1.43 bits per heavy atom. The zero-order chi connectivity index (χ0) is 20.3. The third-order valence-corrected chi connectivity index (χ3v) is 7.90. The highest BCUT2D eigenvalue weighted by molar-refractivity contribution is 7.89. The minimum atomic E-state index is -3.82. The molecule has 1 aliphatic rings. The van der Waals surface area contributed by atoms with Gasteiger partial charge in [0.1, 0.15) is 4.90 Å². The smallest absolute Gasteiger partial charge is 0.246 e. The van der Waals surface area contributed by atoms with E-state index in [1.54, 1.807) is 17.0 Å². The number of nitrogens with zero attached hydrogens (tertiary/aromatic N) is 2. The van der Waals surface area contributed by atoms with E-state index in [9.17, 15) is 13.2 Å². The highest BCUT2D eigenvalue weighted by Gasteiger charge is 2.32. The fraction of sp³-hybridized carbons (Fsp3) is 0.316. The number of halogens is 3. The van der Waals surface area contributed by atoms with E-state index in [2.05, 4.69) is 0 Å². The quantitative estimate of drug-likeness (QED) is 0.673. The van der Waals surface area contributed by atoms with Crippen molar-refractivity contribution in [3.8, 4) is 0 Å². The van der Waals surface area contributed by atoms with Crippen molar-refractivity contribution in [1.29, 1.82) is 0 Å². The molecule has 1 heterocycles. The Labute approximate surface area is 179 Å². The van der Waals surface area contributed by atoms with E-state index >= 15 is 0 Å². The predicted octanol–water partition coefficient (Wildman–Crippen LogP) is 4.11. The van der Waals surface area contributed by atoms with Gasteiger partial charge in [0, 0.05) is 37.6 Å². The molecule has 0 N–H and O–H groups in total. The lowest BCUT2D eigenvalue weighted by Crippen LogP contribution is -2.50. The van der Waals surface area contributed by atoms with E-state index in [0.29, 0.717) is 31.0 Å². The molecule has 2 aromatic rings. The lowest BCUT2D eigenvalue weighted by molar-refractivity contribution is -0.132. The normalized spacial score (nSPS) is 15.6. The van der Waals surface area contributed by atoms with Gasteiger partial charge in [-0.2, -0.15) is 4.31 Å². The van der Waals surface area contributed by atoms with Gasteiger partial charge in [-0.3, -0.25) is 4.79 Å². The Morgan fingerprint density at radius 3 is 2.04 bits per heavy atom. The van der Waals surface area contributed by atoms with E-state index in [0.717, 1.165) is 5.56 Å². The minimum Gasteiger partial charge on any atom is -0.340 e. The zero-order valence-electron chi connectivity index (χ0n) is 14.9. The van der Waals surface area contributed by atoms with Gasteiger partial charge < -0.3 is 4.90 Å². The van der Waals surface area contributed by atoms with Crippen LogP contribution in [0, 0.1) is 0 Å². The third kappa shape index (κ3) is 4.63. The number of aryl methyl sites for hydroxylation is 1. The monoisotopic (exact) mass is 460 g/mol. The number of sulfonamides is 1. The molecule has 0 atom stereocenters.